The number of nitrogens with zero attached hydrogens (tertiary/aromatic N) is 1. The average molecular weight is 452 g/mol. The van der Waals surface area contributed by atoms with Crippen molar-refractivity contribution in [3.05, 3.63) is 77.9 Å². The number of sulfonamides is 1. The number of aryl methyl sites for hydroxylation is 1. The van der Waals surface area contributed by atoms with Crippen molar-refractivity contribution in [3.8, 4) is 16.9 Å². The Hall–Kier alpha value is -3.32. The number of anilines is 1. The molecule has 166 valence electrons. The van der Waals surface area contributed by atoms with Crippen LogP contribution in [0.15, 0.2) is 71.6 Å². The minimum atomic E-state index is -3.81. The van der Waals surface area contributed by atoms with E-state index in [2.05, 4.69) is 6.07 Å². The molecule has 7 heteroatoms. The Morgan fingerprint density at radius 2 is 1.75 bits per heavy atom. The summed E-state index contributed by atoms with van der Waals surface area (Å²) in [5.74, 6) is -0.743. The van der Waals surface area contributed by atoms with Crippen molar-refractivity contribution in [2.45, 2.75) is 31.1 Å². The van der Waals surface area contributed by atoms with Crippen molar-refractivity contribution >= 4 is 21.7 Å². The van der Waals surface area contributed by atoms with E-state index < -0.39 is 22.6 Å². The number of rotatable bonds is 6. The van der Waals surface area contributed by atoms with Crippen LogP contribution in [0.5, 0.6) is 5.75 Å². The third-order valence-electron chi connectivity index (χ3n) is 5.73. The van der Waals surface area contributed by atoms with Crippen LogP contribution in [-0.4, -0.2) is 32.6 Å². The van der Waals surface area contributed by atoms with Gasteiger partial charge in [-0.25, -0.2) is 13.2 Å². The van der Waals surface area contributed by atoms with Crippen LogP contribution in [0.3, 0.4) is 0 Å². The third kappa shape index (κ3) is 3.96. The monoisotopic (exact) mass is 451 g/mol. The van der Waals surface area contributed by atoms with E-state index in [1.54, 1.807) is 6.92 Å². The molecule has 3 aromatic rings. The van der Waals surface area contributed by atoms with Crippen molar-refractivity contribution in [2.75, 3.05) is 17.5 Å². The summed E-state index contributed by atoms with van der Waals surface area (Å²) in [4.78, 5) is 10.9. The molecule has 32 heavy (non-hydrogen) atoms. The van der Waals surface area contributed by atoms with Crippen molar-refractivity contribution in [3.63, 3.8) is 0 Å². The number of ether oxygens (including phenoxy) is 1. The van der Waals surface area contributed by atoms with Gasteiger partial charge in [-0.3, -0.25) is 4.31 Å². The molecule has 4 rings (SSSR count). The van der Waals surface area contributed by atoms with E-state index in [1.165, 1.54) is 22.5 Å². The van der Waals surface area contributed by atoms with E-state index in [9.17, 15) is 13.2 Å². The summed E-state index contributed by atoms with van der Waals surface area (Å²) < 4.78 is 33.8. The van der Waals surface area contributed by atoms with Crippen molar-refractivity contribution in [1.29, 1.82) is 0 Å². The van der Waals surface area contributed by atoms with Crippen LogP contribution in [0.1, 0.15) is 25.0 Å². The molecule has 0 fully saturated rings. The topological polar surface area (TPSA) is 83.9 Å². The second kappa shape index (κ2) is 7.98. The molecular formula is C25H25NO5S. The second-order valence-corrected chi connectivity index (χ2v) is 10.5. The highest BCUT2D eigenvalue weighted by atomic mass is 32.2. The Morgan fingerprint density at radius 3 is 2.41 bits per heavy atom. The van der Waals surface area contributed by atoms with E-state index in [0.29, 0.717) is 23.5 Å². The van der Waals surface area contributed by atoms with E-state index in [-0.39, 0.29) is 10.3 Å². The minimum Gasteiger partial charge on any atom is -0.482 e. The Bertz CT molecular complexity index is 1280. The molecule has 0 atom stereocenters. The fourth-order valence-electron chi connectivity index (χ4n) is 4.06. The van der Waals surface area contributed by atoms with Crippen LogP contribution in [0.25, 0.3) is 11.1 Å². The smallest absolute Gasteiger partial charge is 0.341 e. The summed E-state index contributed by atoms with van der Waals surface area (Å²) in [6.07, 6.45) is 0. The van der Waals surface area contributed by atoms with Gasteiger partial charge in [-0.05, 0) is 59.5 Å². The predicted octanol–water partition coefficient (Wildman–Crippen LogP) is 4.61. The summed E-state index contributed by atoms with van der Waals surface area (Å²) in [5, 5.41) is 8.80. The first kappa shape index (κ1) is 21.9. The van der Waals surface area contributed by atoms with Gasteiger partial charge >= 0.3 is 5.97 Å². The van der Waals surface area contributed by atoms with Gasteiger partial charge in [0.2, 0.25) is 0 Å². The number of carbonyl (C=O) groups is 1. The number of carboxylic acid groups (broad SMARTS) is 1. The third-order valence-corrected chi connectivity index (χ3v) is 7.48. The summed E-state index contributed by atoms with van der Waals surface area (Å²) in [6.45, 7) is 5.64. The molecule has 0 saturated heterocycles. The van der Waals surface area contributed by atoms with E-state index in [0.717, 1.165) is 16.7 Å². The van der Waals surface area contributed by atoms with Crippen LogP contribution >= 0.6 is 0 Å². The van der Waals surface area contributed by atoms with Crippen LogP contribution < -0.4 is 9.04 Å². The molecule has 0 bridgehead atoms. The number of benzene rings is 3. The van der Waals surface area contributed by atoms with Gasteiger partial charge in [-0.2, -0.15) is 0 Å². The predicted molar refractivity (Wildman–Crippen MR) is 124 cm³/mol. The van der Waals surface area contributed by atoms with Crippen molar-refractivity contribution in [1.82, 2.24) is 0 Å². The van der Waals surface area contributed by atoms with Crippen molar-refractivity contribution in [2.24, 2.45) is 0 Å². The average Bonchev–Trinajstić information content (AvgIpc) is 3.04. The van der Waals surface area contributed by atoms with E-state index in [1.807, 2.05) is 56.3 Å². The Labute approximate surface area is 188 Å². The molecule has 1 heterocycles. The van der Waals surface area contributed by atoms with Gasteiger partial charge in [0, 0.05) is 12.0 Å². The molecule has 0 aromatic heterocycles. The molecule has 1 N–H and O–H groups in total. The van der Waals surface area contributed by atoms with Gasteiger partial charge in [0.25, 0.3) is 10.0 Å². The first-order chi connectivity index (χ1) is 15.1. The fourth-order valence-corrected chi connectivity index (χ4v) is 5.79. The Balaban J connectivity index is 1.71. The second-order valence-electron chi connectivity index (χ2n) is 8.60. The van der Waals surface area contributed by atoms with E-state index in [4.69, 9.17) is 9.84 Å². The molecule has 1 aliphatic heterocycles. The SMILES string of the molecule is Cc1cc(S(=O)(=O)N2CC(C)(C)c3cc(-c4ccccc4)ccc32)ccc1OCC(=O)O. The molecule has 0 spiro atoms. The maximum atomic E-state index is 13.6. The minimum absolute atomic E-state index is 0.147. The lowest BCUT2D eigenvalue weighted by Gasteiger charge is -2.22. The van der Waals surface area contributed by atoms with E-state index >= 15 is 0 Å². The lowest BCUT2D eigenvalue weighted by Crippen LogP contribution is -2.34. The summed E-state index contributed by atoms with van der Waals surface area (Å²) in [7, 11) is -3.81. The normalized spacial score (nSPS) is 14.8. The summed E-state index contributed by atoms with van der Waals surface area (Å²) in [6, 6.07) is 20.4. The molecule has 0 saturated carbocycles. The molecule has 3 aromatic carbocycles. The maximum Gasteiger partial charge on any atom is 0.341 e. The molecule has 0 amide bonds. The maximum absolute atomic E-state index is 13.6. The summed E-state index contributed by atoms with van der Waals surface area (Å²) >= 11 is 0. The van der Waals surface area contributed by atoms with Gasteiger partial charge in [0.05, 0.1) is 10.6 Å². The zero-order valence-electron chi connectivity index (χ0n) is 18.2. The van der Waals surface area contributed by atoms with Crippen molar-refractivity contribution < 1.29 is 23.1 Å². The number of aliphatic carboxylic acids is 1. The summed E-state index contributed by atoms with van der Waals surface area (Å²) in [5.41, 5.74) is 4.00. The lowest BCUT2D eigenvalue weighted by molar-refractivity contribution is -0.139. The number of fused-ring (bicyclic) bond motifs is 1. The zero-order chi connectivity index (χ0) is 23.1. The van der Waals surface area contributed by atoms with Gasteiger partial charge in [0.15, 0.2) is 6.61 Å². The van der Waals surface area contributed by atoms with Gasteiger partial charge in [-0.1, -0.05) is 50.2 Å². The number of hydrogen-bond donors (Lipinski definition) is 1. The molecule has 1 aliphatic rings. The molecule has 6 nitrogen and oxygen atoms in total. The molecule has 0 unspecified atom stereocenters. The quantitative estimate of drug-likeness (QED) is 0.592. The standard InChI is InChI=1S/C25H25NO5S/c1-17-13-20(10-12-23(17)31-15-24(27)28)32(29,30)26-16-25(2,3)21-14-19(9-11-22(21)26)18-7-5-4-6-8-18/h4-14H,15-16H2,1-3H3,(H,27,28). The number of carboxylic acids is 1. The first-order valence-corrected chi connectivity index (χ1v) is 11.7. The number of hydrogen-bond acceptors (Lipinski definition) is 4. The van der Waals surface area contributed by atoms with Crippen LogP contribution in [-0.2, 0) is 20.2 Å². The van der Waals surface area contributed by atoms with Crippen LogP contribution in [0.4, 0.5) is 5.69 Å². The Kier molecular flexibility index (Phi) is 5.46. The molecular weight excluding hydrogens is 426 g/mol. The zero-order valence-corrected chi connectivity index (χ0v) is 19.0. The fraction of sp³-hybridized carbons (Fsp3) is 0.240. The first-order valence-electron chi connectivity index (χ1n) is 10.3. The molecule has 0 radical (unpaired) electrons. The highest BCUT2D eigenvalue weighted by molar-refractivity contribution is 7.92. The van der Waals surface area contributed by atoms with Gasteiger partial charge in [-0.15, -0.1) is 0 Å². The van der Waals surface area contributed by atoms with Gasteiger partial charge < -0.3 is 9.84 Å². The van der Waals surface area contributed by atoms with Crippen LogP contribution in [0, 0.1) is 6.92 Å². The molecule has 0 aliphatic carbocycles. The highest BCUT2D eigenvalue weighted by Gasteiger charge is 2.41. The van der Waals surface area contributed by atoms with Gasteiger partial charge in [0.1, 0.15) is 5.75 Å². The Morgan fingerprint density at radius 1 is 1.03 bits per heavy atom. The lowest BCUT2D eigenvalue weighted by atomic mass is 9.85. The highest BCUT2D eigenvalue weighted by Crippen LogP contribution is 2.45. The van der Waals surface area contributed by atoms with Crippen LogP contribution in [0.2, 0.25) is 0 Å². The largest absolute Gasteiger partial charge is 0.482 e.